The molecule has 0 fully saturated rings. The van der Waals surface area contributed by atoms with Crippen LogP contribution in [-0.4, -0.2) is 45.5 Å². The van der Waals surface area contributed by atoms with Crippen molar-refractivity contribution in [2.24, 2.45) is 0 Å². The van der Waals surface area contributed by atoms with Gasteiger partial charge in [-0.05, 0) is 12.1 Å². The van der Waals surface area contributed by atoms with E-state index in [2.05, 4.69) is 25.1 Å². The van der Waals surface area contributed by atoms with Crippen molar-refractivity contribution in [1.29, 1.82) is 0 Å². The van der Waals surface area contributed by atoms with Gasteiger partial charge in [0.2, 0.25) is 5.88 Å². The van der Waals surface area contributed by atoms with Gasteiger partial charge in [0.1, 0.15) is 5.69 Å². The molecule has 0 bridgehead atoms. The van der Waals surface area contributed by atoms with E-state index >= 15 is 0 Å². The first kappa shape index (κ1) is 17.6. The van der Waals surface area contributed by atoms with Crippen LogP contribution in [0.4, 0.5) is 13.2 Å². The second-order valence-electron chi connectivity index (χ2n) is 5.37. The minimum atomic E-state index is -4.43. The highest BCUT2D eigenvalue weighted by molar-refractivity contribution is 6.03. The van der Waals surface area contributed by atoms with Crippen LogP contribution in [0.2, 0.25) is 0 Å². The van der Waals surface area contributed by atoms with Gasteiger partial charge in [-0.2, -0.15) is 18.3 Å². The maximum atomic E-state index is 12.2. The Morgan fingerprint density at radius 1 is 1.31 bits per heavy atom. The first-order chi connectivity index (χ1) is 12.4. The summed E-state index contributed by atoms with van der Waals surface area (Å²) in [4.78, 5) is 20.0. The molecule has 0 saturated heterocycles. The molecule has 3 heterocycles. The second kappa shape index (κ2) is 6.98. The summed E-state index contributed by atoms with van der Waals surface area (Å²) in [5, 5.41) is 7.41. The second-order valence-corrected chi connectivity index (χ2v) is 5.37. The summed E-state index contributed by atoms with van der Waals surface area (Å²) >= 11 is 0. The molecule has 3 rings (SSSR count). The third-order valence-electron chi connectivity index (χ3n) is 3.41. The van der Waals surface area contributed by atoms with E-state index in [0.717, 1.165) is 0 Å². The van der Waals surface area contributed by atoms with Gasteiger partial charge in [-0.1, -0.05) is 6.07 Å². The summed E-state index contributed by atoms with van der Waals surface area (Å²) in [7, 11) is 1.50. The molecule has 136 valence electrons. The van der Waals surface area contributed by atoms with E-state index in [1.807, 2.05) is 0 Å². The van der Waals surface area contributed by atoms with Gasteiger partial charge in [0.25, 0.3) is 5.91 Å². The number of rotatable bonds is 5. The lowest BCUT2D eigenvalue weighted by atomic mass is 10.2. The van der Waals surface area contributed by atoms with Crippen molar-refractivity contribution in [3.05, 3.63) is 48.0 Å². The van der Waals surface area contributed by atoms with Crippen LogP contribution in [0.15, 0.2) is 36.7 Å². The quantitative estimate of drug-likeness (QED) is 0.749. The van der Waals surface area contributed by atoms with E-state index in [1.54, 1.807) is 24.4 Å². The van der Waals surface area contributed by atoms with Gasteiger partial charge >= 0.3 is 6.18 Å². The molecule has 0 radical (unpaired) electrons. The third kappa shape index (κ3) is 4.08. The van der Waals surface area contributed by atoms with Crippen LogP contribution in [0.25, 0.3) is 10.9 Å². The number of carbonyl (C=O) groups is 1. The highest BCUT2D eigenvalue weighted by Crippen LogP contribution is 2.18. The number of carbonyl (C=O) groups excluding carboxylic acids is 1. The predicted molar refractivity (Wildman–Crippen MR) is 85.8 cm³/mol. The van der Waals surface area contributed by atoms with Crippen molar-refractivity contribution < 1.29 is 22.7 Å². The SMILES string of the molecule is CNC(=O)c1nccc2nn(Cc3cccc(OCC(F)(F)F)n3)cc12. The molecule has 0 aromatic carbocycles. The number of halogens is 3. The van der Waals surface area contributed by atoms with Gasteiger partial charge < -0.3 is 10.1 Å². The van der Waals surface area contributed by atoms with Gasteiger partial charge in [0.05, 0.1) is 23.1 Å². The number of hydrogen-bond acceptors (Lipinski definition) is 5. The summed E-state index contributed by atoms with van der Waals surface area (Å²) in [5.74, 6) is -0.458. The number of hydrogen-bond donors (Lipinski definition) is 1. The molecule has 0 aliphatic rings. The zero-order valence-electron chi connectivity index (χ0n) is 13.6. The number of pyridine rings is 2. The van der Waals surface area contributed by atoms with Gasteiger partial charge in [0.15, 0.2) is 6.61 Å². The van der Waals surface area contributed by atoms with E-state index < -0.39 is 12.8 Å². The zero-order valence-corrected chi connectivity index (χ0v) is 13.6. The standard InChI is InChI=1S/C16H14F3N5O2/c1-20-15(25)14-11-8-24(23-12(11)5-6-21-14)7-10-3-2-4-13(22-10)26-9-16(17,18)19/h2-6,8H,7,9H2,1H3,(H,20,25). The Balaban J connectivity index is 1.82. The number of nitrogens with zero attached hydrogens (tertiary/aromatic N) is 4. The number of amides is 1. The van der Waals surface area contributed by atoms with Crippen LogP contribution in [0.1, 0.15) is 16.2 Å². The molecule has 26 heavy (non-hydrogen) atoms. The Bertz CT molecular complexity index is 939. The Morgan fingerprint density at radius 2 is 2.12 bits per heavy atom. The largest absolute Gasteiger partial charge is 0.468 e. The molecule has 1 N–H and O–H groups in total. The van der Waals surface area contributed by atoms with Gasteiger partial charge in [-0.15, -0.1) is 0 Å². The molecule has 0 aliphatic heterocycles. The molecular formula is C16H14F3N5O2. The van der Waals surface area contributed by atoms with Crippen LogP contribution in [0.5, 0.6) is 5.88 Å². The first-order valence-electron chi connectivity index (χ1n) is 7.55. The minimum absolute atomic E-state index is 0.121. The maximum Gasteiger partial charge on any atom is 0.422 e. The third-order valence-corrected chi connectivity index (χ3v) is 3.41. The normalized spacial score (nSPS) is 11.5. The summed E-state index contributed by atoms with van der Waals surface area (Å²) in [6.07, 6.45) is -1.31. The van der Waals surface area contributed by atoms with E-state index in [4.69, 9.17) is 0 Å². The van der Waals surface area contributed by atoms with Crippen molar-refractivity contribution in [1.82, 2.24) is 25.1 Å². The Morgan fingerprint density at radius 3 is 2.85 bits per heavy atom. The average molecular weight is 365 g/mol. The number of alkyl halides is 3. The van der Waals surface area contributed by atoms with Crippen molar-refractivity contribution >= 4 is 16.8 Å². The summed E-state index contributed by atoms with van der Waals surface area (Å²) in [6.45, 7) is -1.21. The Hall–Kier alpha value is -3.17. The molecule has 0 unspecified atom stereocenters. The zero-order chi connectivity index (χ0) is 18.7. The molecule has 3 aromatic rings. The molecule has 7 nitrogen and oxygen atoms in total. The maximum absolute atomic E-state index is 12.2. The van der Waals surface area contributed by atoms with E-state index in [1.165, 1.54) is 24.0 Å². The Kier molecular flexibility index (Phi) is 4.74. The lowest BCUT2D eigenvalue weighted by molar-refractivity contribution is -0.154. The number of fused-ring (bicyclic) bond motifs is 1. The lowest BCUT2D eigenvalue weighted by Crippen LogP contribution is -2.19. The number of aromatic nitrogens is 4. The van der Waals surface area contributed by atoms with E-state index in [9.17, 15) is 18.0 Å². The fourth-order valence-corrected chi connectivity index (χ4v) is 2.32. The summed E-state index contributed by atoms with van der Waals surface area (Å²) in [5.41, 5.74) is 1.28. The molecule has 0 aliphatic carbocycles. The topological polar surface area (TPSA) is 81.9 Å². The van der Waals surface area contributed by atoms with Crippen LogP contribution >= 0.6 is 0 Å². The van der Waals surface area contributed by atoms with Crippen molar-refractivity contribution in [3.63, 3.8) is 0 Å². The molecule has 0 atom stereocenters. The summed E-state index contributed by atoms with van der Waals surface area (Å²) < 4.78 is 42.9. The molecule has 0 spiro atoms. The highest BCUT2D eigenvalue weighted by atomic mass is 19.4. The summed E-state index contributed by atoms with van der Waals surface area (Å²) in [6, 6.07) is 6.20. The van der Waals surface area contributed by atoms with Crippen LogP contribution in [-0.2, 0) is 6.54 Å². The van der Waals surface area contributed by atoms with Crippen LogP contribution in [0, 0.1) is 0 Å². The van der Waals surface area contributed by atoms with E-state index in [0.29, 0.717) is 16.6 Å². The van der Waals surface area contributed by atoms with Gasteiger partial charge in [-0.25, -0.2) is 4.98 Å². The monoisotopic (exact) mass is 365 g/mol. The lowest BCUT2D eigenvalue weighted by Gasteiger charge is -2.09. The van der Waals surface area contributed by atoms with Crippen LogP contribution < -0.4 is 10.1 Å². The molecular weight excluding hydrogens is 351 g/mol. The fourth-order valence-electron chi connectivity index (χ4n) is 2.32. The Labute approximate surface area is 145 Å². The minimum Gasteiger partial charge on any atom is -0.468 e. The molecule has 0 saturated carbocycles. The van der Waals surface area contributed by atoms with Gasteiger partial charge in [0, 0.05) is 25.5 Å². The number of ether oxygens (including phenoxy) is 1. The molecule has 10 heteroatoms. The number of nitrogens with one attached hydrogen (secondary N) is 1. The molecule has 1 amide bonds. The first-order valence-corrected chi connectivity index (χ1v) is 7.55. The average Bonchev–Trinajstić information content (AvgIpc) is 3.01. The van der Waals surface area contributed by atoms with Gasteiger partial charge in [-0.3, -0.25) is 14.5 Å². The van der Waals surface area contributed by atoms with Crippen LogP contribution in [0.3, 0.4) is 0 Å². The fraction of sp³-hybridized carbons (Fsp3) is 0.250. The van der Waals surface area contributed by atoms with Crippen molar-refractivity contribution in [2.75, 3.05) is 13.7 Å². The smallest absolute Gasteiger partial charge is 0.422 e. The highest BCUT2D eigenvalue weighted by Gasteiger charge is 2.28. The van der Waals surface area contributed by atoms with Crippen molar-refractivity contribution in [3.8, 4) is 5.88 Å². The predicted octanol–water partition coefficient (Wildman–Crippen LogP) is 2.18. The van der Waals surface area contributed by atoms with E-state index in [-0.39, 0.29) is 24.0 Å². The molecule has 3 aromatic heterocycles. The van der Waals surface area contributed by atoms with Crippen molar-refractivity contribution in [2.45, 2.75) is 12.7 Å².